The smallest absolute Gasteiger partial charge is 0.349 e. The van der Waals surface area contributed by atoms with Gasteiger partial charge in [0.05, 0.1) is 12.1 Å². The minimum Gasteiger partial charge on any atom is -0.465 e. The second-order valence-electron chi connectivity index (χ2n) is 5.45. The fraction of sp³-hybridized carbons (Fsp3) is 0.333. The van der Waals surface area contributed by atoms with Crippen LogP contribution in [0, 0.1) is 5.41 Å². The number of esters is 1. The maximum absolute atomic E-state index is 12.6. The summed E-state index contributed by atoms with van der Waals surface area (Å²) in [7, 11) is 0. The molecule has 0 saturated carbocycles. The summed E-state index contributed by atoms with van der Waals surface area (Å²) in [4.78, 5) is 44.6. The van der Waals surface area contributed by atoms with E-state index < -0.39 is 17.4 Å². The van der Waals surface area contributed by atoms with Gasteiger partial charge in [-0.15, -0.1) is 0 Å². The maximum Gasteiger partial charge on any atom is 0.349 e. The molecular formula is C18H20N2O5. The van der Waals surface area contributed by atoms with E-state index in [1.807, 2.05) is 29.7 Å². The van der Waals surface area contributed by atoms with E-state index in [0.717, 1.165) is 10.9 Å². The lowest BCUT2D eigenvalue weighted by Crippen LogP contribution is -2.45. The summed E-state index contributed by atoms with van der Waals surface area (Å²) in [6.45, 7) is 3.48. The van der Waals surface area contributed by atoms with Crippen LogP contribution in [0.2, 0.25) is 0 Å². The lowest BCUT2D eigenvalue weighted by molar-refractivity contribution is -0.178. The molecule has 1 N–H and O–H groups in total. The quantitative estimate of drug-likeness (QED) is 0.340. The van der Waals surface area contributed by atoms with Crippen LogP contribution in [0.5, 0.6) is 0 Å². The van der Waals surface area contributed by atoms with Crippen LogP contribution < -0.4 is 5.48 Å². The van der Waals surface area contributed by atoms with Crippen LogP contribution in [0.4, 0.5) is 0 Å². The molecule has 0 aliphatic rings. The van der Waals surface area contributed by atoms with Crippen LogP contribution in [0.1, 0.15) is 25.8 Å². The van der Waals surface area contributed by atoms with Gasteiger partial charge in [0.15, 0.2) is 5.41 Å². The molecule has 0 bridgehead atoms. The van der Waals surface area contributed by atoms with E-state index in [0.29, 0.717) is 5.52 Å². The van der Waals surface area contributed by atoms with Gasteiger partial charge in [0.1, 0.15) is 0 Å². The van der Waals surface area contributed by atoms with E-state index in [1.165, 1.54) is 0 Å². The third-order valence-electron chi connectivity index (χ3n) is 4.07. The molecule has 132 valence electrons. The Morgan fingerprint density at radius 3 is 2.64 bits per heavy atom. The van der Waals surface area contributed by atoms with E-state index in [4.69, 9.17) is 9.57 Å². The van der Waals surface area contributed by atoms with Gasteiger partial charge in [-0.1, -0.05) is 31.2 Å². The number of carbonyl (C=O) groups is 3. The molecule has 0 saturated heterocycles. The van der Waals surface area contributed by atoms with Gasteiger partial charge in [0.2, 0.25) is 6.41 Å². The van der Waals surface area contributed by atoms with Gasteiger partial charge >= 0.3 is 11.9 Å². The number of rotatable bonds is 8. The van der Waals surface area contributed by atoms with Crippen molar-refractivity contribution in [2.75, 3.05) is 6.61 Å². The van der Waals surface area contributed by atoms with Crippen molar-refractivity contribution >= 4 is 29.3 Å². The molecule has 0 spiro atoms. The van der Waals surface area contributed by atoms with Crippen molar-refractivity contribution < 1.29 is 24.0 Å². The number of carbonyl (C=O) groups excluding carboxylic acids is 3. The maximum atomic E-state index is 12.6. The molecule has 25 heavy (non-hydrogen) atoms. The first-order chi connectivity index (χ1) is 12.1. The second-order valence-corrected chi connectivity index (χ2v) is 5.45. The molecule has 2 aromatic rings. The molecule has 1 heterocycles. The largest absolute Gasteiger partial charge is 0.465 e. The summed E-state index contributed by atoms with van der Waals surface area (Å²) in [5.41, 5.74) is 1.70. The van der Waals surface area contributed by atoms with E-state index in [2.05, 4.69) is 4.98 Å². The van der Waals surface area contributed by atoms with E-state index >= 15 is 0 Å². The minimum absolute atomic E-state index is 0.0516. The standard InChI is InChI=1S/C18H20N2O5/c1-3-18(16(22)24-4-2,17(23)25-20-12-21)11-14-8-5-7-13-9-6-10-19-15(13)14/h5-10,12H,3-4,11H2,1-2H3,(H,20,21). The summed E-state index contributed by atoms with van der Waals surface area (Å²) < 4.78 is 5.11. The third-order valence-corrected chi connectivity index (χ3v) is 4.07. The molecule has 1 aromatic carbocycles. The zero-order chi connectivity index (χ0) is 18.3. The summed E-state index contributed by atoms with van der Waals surface area (Å²) in [6.07, 6.45) is 2.07. The minimum atomic E-state index is -1.57. The van der Waals surface area contributed by atoms with E-state index in [9.17, 15) is 14.4 Å². The molecule has 1 atom stereocenters. The van der Waals surface area contributed by atoms with Crippen LogP contribution in [0.25, 0.3) is 10.9 Å². The molecule has 1 unspecified atom stereocenters. The average Bonchev–Trinajstić information content (AvgIpc) is 2.64. The van der Waals surface area contributed by atoms with Crippen LogP contribution in [-0.2, 0) is 30.4 Å². The molecule has 0 aliphatic heterocycles. The first kappa shape index (κ1) is 18.4. The van der Waals surface area contributed by atoms with Gasteiger partial charge < -0.3 is 9.57 Å². The highest BCUT2D eigenvalue weighted by atomic mass is 16.7. The number of pyridine rings is 1. The Morgan fingerprint density at radius 2 is 1.96 bits per heavy atom. The molecule has 7 heteroatoms. The second kappa shape index (κ2) is 8.23. The number of para-hydroxylation sites is 1. The number of nitrogens with one attached hydrogen (secondary N) is 1. The fourth-order valence-electron chi connectivity index (χ4n) is 2.72. The van der Waals surface area contributed by atoms with Crippen LogP contribution in [0.3, 0.4) is 0 Å². The van der Waals surface area contributed by atoms with Crippen molar-refractivity contribution in [3.05, 3.63) is 42.1 Å². The van der Waals surface area contributed by atoms with Crippen molar-refractivity contribution in [1.29, 1.82) is 0 Å². The van der Waals surface area contributed by atoms with Gasteiger partial charge in [0.25, 0.3) is 0 Å². The zero-order valence-corrected chi connectivity index (χ0v) is 14.2. The number of amides is 1. The molecule has 2 rings (SSSR count). The number of hydrogen-bond donors (Lipinski definition) is 1. The highest BCUT2D eigenvalue weighted by Crippen LogP contribution is 2.33. The third kappa shape index (κ3) is 3.76. The van der Waals surface area contributed by atoms with Crippen LogP contribution >= 0.6 is 0 Å². The topological polar surface area (TPSA) is 94.6 Å². The molecule has 1 aromatic heterocycles. The lowest BCUT2D eigenvalue weighted by atomic mass is 9.78. The van der Waals surface area contributed by atoms with Gasteiger partial charge in [-0.05, 0) is 25.0 Å². The Bertz CT molecular complexity index is 772. The Balaban J connectivity index is 2.48. The summed E-state index contributed by atoms with van der Waals surface area (Å²) >= 11 is 0. The lowest BCUT2D eigenvalue weighted by Gasteiger charge is -2.27. The summed E-state index contributed by atoms with van der Waals surface area (Å²) in [5.74, 6) is -1.56. The van der Waals surface area contributed by atoms with Gasteiger partial charge in [-0.2, -0.15) is 5.48 Å². The fourth-order valence-corrected chi connectivity index (χ4v) is 2.72. The zero-order valence-electron chi connectivity index (χ0n) is 14.2. The Labute approximate surface area is 145 Å². The monoisotopic (exact) mass is 344 g/mol. The van der Waals surface area contributed by atoms with Crippen molar-refractivity contribution in [1.82, 2.24) is 10.5 Å². The first-order valence-electron chi connectivity index (χ1n) is 7.99. The van der Waals surface area contributed by atoms with E-state index in [1.54, 1.807) is 26.1 Å². The van der Waals surface area contributed by atoms with Crippen molar-refractivity contribution in [3.63, 3.8) is 0 Å². The number of nitrogens with zero attached hydrogens (tertiary/aromatic N) is 1. The number of benzene rings is 1. The van der Waals surface area contributed by atoms with Crippen molar-refractivity contribution in [3.8, 4) is 0 Å². The molecule has 0 fully saturated rings. The number of hydrogen-bond acceptors (Lipinski definition) is 6. The molecule has 7 nitrogen and oxygen atoms in total. The number of hydroxylamine groups is 1. The van der Waals surface area contributed by atoms with E-state index in [-0.39, 0.29) is 25.9 Å². The average molecular weight is 344 g/mol. The Morgan fingerprint density at radius 1 is 1.20 bits per heavy atom. The normalized spacial score (nSPS) is 12.9. The SMILES string of the molecule is CCOC(=O)C(CC)(Cc1cccc2cccnc12)C(=O)ONC=O. The summed E-state index contributed by atoms with van der Waals surface area (Å²) in [5, 5.41) is 0.897. The predicted octanol–water partition coefficient (Wildman–Crippen LogP) is 1.94. The van der Waals surface area contributed by atoms with Crippen molar-refractivity contribution in [2.45, 2.75) is 26.7 Å². The molecular weight excluding hydrogens is 324 g/mol. The van der Waals surface area contributed by atoms with Crippen molar-refractivity contribution in [2.24, 2.45) is 5.41 Å². The van der Waals surface area contributed by atoms with Crippen LogP contribution in [0.15, 0.2) is 36.5 Å². The Kier molecular flexibility index (Phi) is 6.05. The number of ether oxygens (including phenoxy) is 1. The summed E-state index contributed by atoms with van der Waals surface area (Å²) in [6, 6.07) is 9.25. The molecule has 0 aliphatic carbocycles. The number of fused-ring (bicyclic) bond motifs is 1. The Hall–Kier alpha value is -2.96. The van der Waals surface area contributed by atoms with Gasteiger partial charge in [-0.25, -0.2) is 4.79 Å². The highest BCUT2D eigenvalue weighted by molar-refractivity contribution is 6.01. The van der Waals surface area contributed by atoms with Gasteiger partial charge in [0, 0.05) is 18.0 Å². The molecule has 1 amide bonds. The predicted molar refractivity (Wildman–Crippen MR) is 90.1 cm³/mol. The van der Waals surface area contributed by atoms with Gasteiger partial charge in [-0.3, -0.25) is 14.6 Å². The number of aromatic nitrogens is 1. The molecule has 0 radical (unpaired) electrons. The highest BCUT2D eigenvalue weighted by Gasteiger charge is 2.48. The van der Waals surface area contributed by atoms with Crippen LogP contribution in [-0.4, -0.2) is 29.9 Å². The first-order valence-corrected chi connectivity index (χ1v) is 7.99.